The van der Waals surface area contributed by atoms with Gasteiger partial charge in [-0.05, 0) is 74.0 Å². The molecule has 1 aliphatic carbocycles. The third kappa shape index (κ3) is 5.18. The van der Waals surface area contributed by atoms with Gasteiger partial charge in [0.05, 0.1) is 11.0 Å². The Kier molecular flexibility index (Phi) is 6.89. The molecule has 5 nitrogen and oxygen atoms in total. The van der Waals surface area contributed by atoms with Crippen molar-refractivity contribution in [1.29, 1.82) is 0 Å². The lowest BCUT2D eigenvalue weighted by atomic mass is 9.84. The maximum absolute atomic E-state index is 13.7. The van der Waals surface area contributed by atoms with E-state index in [1.165, 1.54) is 18.2 Å². The zero-order valence-corrected chi connectivity index (χ0v) is 21.4. The monoisotopic (exact) mass is 563 g/mol. The van der Waals surface area contributed by atoms with E-state index in [4.69, 9.17) is 0 Å². The molecule has 4 aliphatic rings. The van der Waals surface area contributed by atoms with Gasteiger partial charge in [-0.3, -0.25) is 9.59 Å². The molecule has 192 valence electrons. The molecule has 0 radical (unpaired) electrons. The molecule has 36 heavy (non-hydrogen) atoms. The van der Waals surface area contributed by atoms with Gasteiger partial charge in [0.25, 0.3) is 0 Å². The van der Waals surface area contributed by atoms with Crippen LogP contribution in [0.15, 0.2) is 53.0 Å². The zero-order valence-electron chi connectivity index (χ0n) is 19.8. The van der Waals surface area contributed by atoms with Crippen LogP contribution < -0.4 is 10.6 Å². The summed E-state index contributed by atoms with van der Waals surface area (Å²) < 4.78 is 42.0. The van der Waals surface area contributed by atoms with Crippen LogP contribution in [0.1, 0.15) is 42.4 Å². The molecule has 0 spiro atoms. The summed E-state index contributed by atoms with van der Waals surface area (Å²) in [5, 5.41) is 6.00. The number of rotatable bonds is 7. The van der Waals surface area contributed by atoms with Gasteiger partial charge < -0.3 is 15.5 Å². The molecule has 0 aromatic heterocycles. The molecular weight excluding hydrogens is 535 g/mol. The van der Waals surface area contributed by atoms with Crippen molar-refractivity contribution in [3.8, 4) is 0 Å². The molecular formula is C27H29BrF3N3O2. The van der Waals surface area contributed by atoms with E-state index < -0.39 is 29.1 Å². The number of benzene rings is 2. The molecule has 3 aliphatic heterocycles. The van der Waals surface area contributed by atoms with Crippen LogP contribution >= 0.6 is 15.9 Å². The highest BCUT2D eigenvalue weighted by Crippen LogP contribution is 2.52. The largest absolute Gasteiger partial charge is 0.416 e. The zero-order chi connectivity index (χ0) is 25.5. The topological polar surface area (TPSA) is 61.4 Å². The normalized spacial score (nSPS) is 25.2. The Bertz CT molecular complexity index is 1130. The number of fused-ring (bicyclic) bond motifs is 3. The van der Waals surface area contributed by atoms with Crippen LogP contribution in [0.3, 0.4) is 0 Å². The van der Waals surface area contributed by atoms with Crippen molar-refractivity contribution in [3.05, 3.63) is 69.7 Å². The lowest BCUT2D eigenvalue weighted by Crippen LogP contribution is -2.60. The average molecular weight is 564 g/mol. The van der Waals surface area contributed by atoms with E-state index in [9.17, 15) is 22.8 Å². The number of hydrogen-bond acceptors (Lipinski definition) is 3. The number of piperidine rings is 3. The van der Waals surface area contributed by atoms with Crippen molar-refractivity contribution < 1.29 is 22.8 Å². The first kappa shape index (κ1) is 25.3. The first-order chi connectivity index (χ1) is 17.2. The fourth-order valence-electron chi connectivity index (χ4n) is 5.67. The molecule has 2 atom stereocenters. The number of amides is 2. The van der Waals surface area contributed by atoms with Crippen LogP contribution in [0.5, 0.6) is 0 Å². The summed E-state index contributed by atoms with van der Waals surface area (Å²) in [6.45, 7) is 2.87. The molecule has 9 heteroatoms. The van der Waals surface area contributed by atoms with Gasteiger partial charge in [-0.1, -0.05) is 46.3 Å². The smallest absolute Gasteiger partial charge is 0.350 e. The van der Waals surface area contributed by atoms with Crippen LogP contribution in [0.25, 0.3) is 0 Å². The van der Waals surface area contributed by atoms with Crippen LogP contribution in [0.4, 0.5) is 13.2 Å². The van der Waals surface area contributed by atoms with E-state index in [1.54, 1.807) is 0 Å². The average Bonchev–Trinajstić information content (AvgIpc) is 3.67. The summed E-state index contributed by atoms with van der Waals surface area (Å²) >= 11 is 3.40. The minimum absolute atomic E-state index is 0.0183. The minimum Gasteiger partial charge on any atom is -0.350 e. The van der Waals surface area contributed by atoms with Gasteiger partial charge in [0.2, 0.25) is 11.8 Å². The van der Waals surface area contributed by atoms with Crippen molar-refractivity contribution in [2.45, 2.75) is 55.8 Å². The van der Waals surface area contributed by atoms with Crippen molar-refractivity contribution in [2.75, 3.05) is 19.6 Å². The molecule has 4 fully saturated rings. The molecule has 6 rings (SSSR count). The molecule has 2 N–H and O–H groups in total. The summed E-state index contributed by atoms with van der Waals surface area (Å²) in [4.78, 5) is 29.3. The number of carbonyl (C=O) groups is 2. The van der Waals surface area contributed by atoms with Crippen molar-refractivity contribution in [3.63, 3.8) is 0 Å². The SMILES string of the molecule is O=C(NC1CN2CCC1CC2)C(Cc1ccc(Br)cc1)NC(=O)C1(c2ccccc2C(F)(F)F)CC1. The molecule has 2 aromatic rings. The molecule has 2 bridgehead atoms. The molecule has 3 heterocycles. The number of halogens is 4. The van der Waals surface area contributed by atoms with Crippen molar-refractivity contribution in [2.24, 2.45) is 5.92 Å². The molecule has 2 aromatic carbocycles. The van der Waals surface area contributed by atoms with Gasteiger partial charge in [0.1, 0.15) is 6.04 Å². The molecule has 3 saturated heterocycles. The number of carbonyl (C=O) groups excluding carboxylic acids is 2. The standard InChI is InChI=1S/C27H29BrF3N3O2/c28-19-7-5-17(6-8-19)15-22(24(35)32-23-16-34-13-9-18(23)10-14-34)33-25(36)26(11-12-26)20-3-1-2-4-21(20)27(29,30)31/h1-8,18,22-23H,9-16H2,(H,32,35)(H,33,36). The highest BCUT2D eigenvalue weighted by Gasteiger charge is 2.55. The number of alkyl halides is 3. The van der Waals surface area contributed by atoms with Crippen LogP contribution in [0, 0.1) is 5.92 Å². The van der Waals surface area contributed by atoms with E-state index >= 15 is 0 Å². The van der Waals surface area contributed by atoms with E-state index in [0.29, 0.717) is 18.8 Å². The summed E-state index contributed by atoms with van der Waals surface area (Å²) in [5.41, 5.74) is -1.22. The summed E-state index contributed by atoms with van der Waals surface area (Å²) in [6, 6.07) is 11.9. The Balaban J connectivity index is 1.37. The van der Waals surface area contributed by atoms with E-state index in [0.717, 1.165) is 48.6 Å². The number of hydrogen-bond donors (Lipinski definition) is 2. The van der Waals surface area contributed by atoms with Crippen LogP contribution in [-0.4, -0.2) is 48.4 Å². The fourth-order valence-corrected chi connectivity index (χ4v) is 5.93. The Morgan fingerprint density at radius 2 is 1.72 bits per heavy atom. The molecule has 1 saturated carbocycles. The predicted molar refractivity (Wildman–Crippen MR) is 133 cm³/mol. The van der Waals surface area contributed by atoms with Crippen LogP contribution in [0.2, 0.25) is 0 Å². The quantitative estimate of drug-likeness (QED) is 0.523. The maximum atomic E-state index is 13.7. The van der Waals surface area contributed by atoms with Crippen LogP contribution in [-0.2, 0) is 27.6 Å². The lowest BCUT2D eigenvalue weighted by molar-refractivity contribution is -0.139. The van der Waals surface area contributed by atoms with E-state index in [1.807, 2.05) is 24.3 Å². The Morgan fingerprint density at radius 3 is 2.31 bits per heavy atom. The van der Waals surface area contributed by atoms with Gasteiger partial charge in [0.15, 0.2) is 0 Å². The molecule has 2 unspecified atom stereocenters. The lowest BCUT2D eigenvalue weighted by Gasteiger charge is -2.45. The number of nitrogens with zero attached hydrogens (tertiary/aromatic N) is 1. The van der Waals surface area contributed by atoms with Gasteiger partial charge >= 0.3 is 6.18 Å². The first-order valence-electron chi connectivity index (χ1n) is 12.4. The predicted octanol–water partition coefficient (Wildman–Crippen LogP) is 4.44. The van der Waals surface area contributed by atoms with Crippen molar-refractivity contribution >= 4 is 27.7 Å². The first-order valence-corrected chi connectivity index (χ1v) is 13.2. The van der Waals surface area contributed by atoms with Gasteiger partial charge in [-0.25, -0.2) is 0 Å². The van der Waals surface area contributed by atoms with E-state index in [-0.39, 0.29) is 23.9 Å². The van der Waals surface area contributed by atoms with Gasteiger partial charge in [-0.15, -0.1) is 0 Å². The second-order valence-corrected chi connectivity index (χ2v) is 11.2. The fraction of sp³-hybridized carbons (Fsp3) is 0.481. The highest BCUT2D eigenvalue weighted by atomic mass is 79.9. The summed E-state index contributed by atoms with van der Waals surface area (Å²) in [5.74, 6) is -0.397. The van der Waals surface area contributed by atoms with Crippen molar-refractivity contribution in [1.82, 2.24) is 15.5 Å². The second kappa shape index (κ2) is 9.82. The third-order valence-corrected chi connectivity index (χ3v) is 8.42. The second-order valence-electron chi connectivity index (χ2n) is 10.2. The van der Waals surface area contributed by atoms with E-state index in [2.05, 4.69) is 31.5 Å². The summed E-state index contributed by atoms with van der Waals surface area (Å²) in [6.07, 6.45) is -1.60. The van der Waals surface area contributed by atoms with Gasteiger partial charge in [0, 0.05) is 23.5 Å². The summed E-state index contributed by atoms with van der Waals surface area (Å²) in [7, 11) is 0. The third-order valence-electron chi connectivity index (χ3n) is 7.89. The molecule has 2 amide bonds. The Labute approximate surface area is 216 Å². The Hall–Kier alpha value is -2.39. The van der Waals surface area contributed by atoms with Gasteiger partial charge in [-0.2, -0.15) is 13.2 Å². The minimum atomic E-state index is -4.56. The maximum Gasteiger partial charge on any atom is 0.416 e. The number of nitrogens with one attached hydrogen (secondary N) is 2. The Morgan fingerprint density at radius 1 is 1.06 bits per heavy atom. The highest BCUT2D eigenvalue weighted by molar-refractivity contribution is 9.10.